The first-order valence-electron chi connectivity index (χ1n) is 6.62. The number of ether oxygens (including phenoxy) is 1. The molecule has 4 nitrogen and oxygen atoms in total. The Bertz CT molecular complexity index is 369. The topological polar surface area (TPSA) is 39.7 Å². The summed E-state index contributed by atoms with van der Waals surface area (Å²) in [7, 11) is -0.777. The quantitative estimate of drug-likeness (QED) is 0.777. The molecule has 0 saturated heterocycles. The molecule has 0 saturated carbocycles. The molecule has 19 heavy (non-hydrogen) atoms. The van der Waals surface area contributed by atoms with Gasteiger partial charge in [0.2, 0.25) is 0 Å². The lowest BCUT2D eigenvalue weighted by molar-refractivity contribution is 0.115. The van der Waals surface area contributed by atoms with Gasteiger partial charge in [0.05, 0.1) is 7.11 Å². The number of benzene rings is 1. The lowest BCUT2D eigenvalue weighted by Crippen LogP contribution is -2.50. The summed E-state index contributed by atoms with van der Waals surface area (Å²) in [6.45, 7) is 10.1. The maximum atomic E-state index is 5.98. The second-order valence-electron chi connectivity index (χ2n) is 5.13. The number of methoxy groups -OCH3 is 1. The lowest BCUT2D eigenvalue weighted by atomic mass is 10.3. The maximum Gasteiger partial charge on any atom is 0.454 e. The van der Waals surface area contributed by atoms with Crippen LogP contribution in [-0.2, 0) is 8.85 Å². The fourth-order valence-corrected chi connectivity index (χ4v) is 4.59. The zero-order valence-electron chi connectivity index (χ0n) is 12.7. The Morgan fingerprint density at radius 1 is 0.947 bits per heavy atom. The van der Waals surface area contributed by atoms with Crippen LogP contribution in [0, 0.1) is 0 Å². The molecule has 0 aliphatic carbocycles. The van der Waals surface area contributed by atoms with Crippen molar-refractivity contribution in [2.24, 2.45) is 0 Å². The Hall–Kier alpha value is -1.04. The van der Waals surface area contributed by atoms with E-state index < -0.39 is 8.72 Å². The van der Waals surface area contributed by atoms with Gasteiger partial charge < -0.3 is 18.6 Å². The highest BCUT2D eigenvalue weighted by Crippen LogP contribution is 2.20. The number of rotatable bonds is 7. The molecule has 5 heteroatoms. The van der Waals surface area contributed by atoms with E-state index in [0.29, 0.717) is 0 Å². The monoisotopic (exact) mass is 283 g/mol. The summed E-state index contributed by atoms with van der Waals surface area (Å²) in [6.07, 6.45) is 0.252. The van der Waals surface area contributed by atoms with Gasteiger partial charge in [-0.05, 0) is 58.5 Å². The molecule has 1 aromatic carbocycles. The molecule has 1 aromatic rings. The molecule has 0 bridgehead atoms. The molecule has 0 aromatic heterocycles. The van der Waals surface area contributed by atoms with Crippen molar-refractivity contribution in [2.75, 3.05) is 12.1 Å². The predicted octanol–water partition coefficient (Wildman–Crippen LogP) is 3.53. The normalized spacial score (nSPS) is 12.0. The SMILES string of the molecule is COc1ccc(N[Si](C)(OC(C)C)OC(C)C)cc1. The molecule has 0 spiro atoms. The Morgan fingerprint density at radius 2 is 1.42 bits per heavy atom. The molecule has 0 heterocycles. The number of hydrogen-bond acceptors (Lipinski definition) is 4. The van der Waals surface area contributed by atoms with E-state index in [1.807, 2.05) is 58.5 Å². The minimum Gasteiger partial charge on any atom is -0.497 e. The minimum absolute atomic E-state index is 0.126. The number of hydrogen-bond donors (Lipinski definition) is 1. The summed E-state index contributed by atoms with van der Waals surface area (Å²) < 4.78 is 17.1. The van der Waals surface area contributed by atoms with Crippen molar-refractivity contribution in [3.05, 3.63) is 24.3 Å². The molecule has 1 N–H and O–H groups in total. The number of nitrogens with one attached hydrogen (secondary N) is 1. The average Bonchev–Trinajstić information content (AvgIpc) is 2.27. The molecule has 0 atom stereocenters. The fourth-order valence-electron chi connectivity index (χ4n) is 1.92. The standard InChI is InChI=1S/C14H25NO3Si/c1-11(2)17-19(6,18-12(3)4)15-13-7-9-14(16-5)10-8-13/h7-12,15H,1-6H3. The highest BCUT2D eigenvalue weighted by molar-refractivity contribution is 6.69. The summed E-state index contributed by atoms with van der Waals surface area (Å²) in [5, 5.41) is 0. The van der Waals surface area contributed by atoms with E-state index in [9.17, 15) is 0 Å². The second-order valence-corrected chi connectivity index (χ2v) is 7.75. The molecule has 0 aliphatic rings. The summed E-state index contributed by atoms with van der Waals surface area (Å²) >= 11 is 0. The third-order valence-corrected chi connectivity index (χ3v) is 4.97. The van der Waals surface area contributed by atoms with E-state index in [-0.39, 0.29) is 12.2 Å². The largest absolute Gasteiger partial charge is 0.497 e. The maximum absolute atomic E-state index is 5.98. The van der Waals surface area contributed by atoms with Crippen LogP contribution in [-0.4, -0.2) is 28.0 Å². The summed E-state index contributed by atoms with van der Waals surface area (Å²) in [4.78, 5) is 3.41. The van der Waals surface area contributed by atoms with Gasteiger partial charge in [0, 0.05) is 17.9 Å². The smallest absolute Gasteiger partial charge is 0.454 e. The summed E-state index contributed by atoms with van der Waals surface area (Å²) in [5.41, 5.74) is 0.983. The van der Waals surface area contributed by atoms with Crippen molar-refractivity contribution in [1.29, 1.82) is 0 Å². The molecule has 0 unspecified atom stereocenters. The van der Waals surface area contributed by atoms with Gasteiger partial charge in [-0.3, -0.25) is 0 Å². The highest BCUT2D eigenvalue weighted by atomic mass is 28.4. The van der Waals surface area contributed by atoms with Gasteiger partial charge in [0.1, 0.15) is 5.75 Å². The minimum atomic E-state index is -2.43. The average molecular weight is 283 g/mol. The molecule has 108 valence electrons. The van der Waals surface area contributed by atoms with E-state index in [1.54, 1.807) is 7.11 Å². The molecule has 0 fully saturated rings. The zero-order chi connectivity index (χ0) is 14.5. The van der Waals surface area contributed by atoms with Crippen LogP contribution in [0.2, 0.25) is 6.55 Å². The third kappa shape index (κ3) is 5.63. The Kier molecular flexibility index (Phi) is 5.84. The van der Waals surface area contributed by atoms with Gasteiger partial charge in [-0.25, -0.2) is 0 Å². The van der Waals surface area contributed by atoms with Gasteiger partial charge in [-0.15, -0.1) is 0 Å². The molecule has 1 rings (SSSR count). The van der Waals surface area contributed by atoms with Crippen LogP contribution in [0.25, 0.3) is 0 Å². The first-order chi connectivity index (χ1) is 8.84. The van der Waals surface area contributed by atoms with E-state index in [1.165, 1.54) is 0 Å². The Morgan fingerprint density at radius 3 is 1.79 bits per heavy atom. The number of anilines is 1. The van der Waals surface area contributed by atoms with Gasteiger partial charge >= 0.3 is 8.72 Å². The molecule has 0 aliphatic heterocycles. The van der Waals surface area contributed by atoms with Crippen molar-refractivity contribution in [1.82, 2.24) is 0 Å². The van der Waals surface area contributed by atoms with Gasteiger partial charge in [0.25, 0.3) is 0 Å². The predicted molar refractivity (Wildman–Crippen MR) is 80.7 cm³/mol. The van der Waals surface area contributed by atoms with E-state index in [2.05, 4.69) is 4.98 Å². The molecule has 0 radical (unpaired) electrons. The zero-order valence-corrected chi connectivity index (χ0v) is 13.7. The van der Waals surface area contributed by atoms with Crippen LogP contribution in [0.15, 0.2) is 24.3 Å². The van der Waals surface area contributed by atoms with Crippen LogP contribution < -0.4 is 9.72 Å². The Labute approximate surface area is 117 Å². The van der Waals surface area contributed by atoms with Gasteiger partial charge in [-0.1, -0.05) is 0 Å². The van der Waals surface area contributed by atoms with Crippen molar-refractivity contribution < 1.29 is 13.6 Å². The first-order valence-corrected chi connectivity index (χ1v) is 8.94. The third-order valence-electron chi connectivity index (χ3n) is 2.38. The van der Waals surface area contributed by atoms with Crippen molar-refractivity contribution in [3.8, 4) is 5.75 Å². The first kappa shape index (κ1) is 16.0. The summed E-state index contributed by atoms with van der Waals surface area (Å²) in [5.74, 6) is 0.837. The van der Waals surface area contributed by atoms with E-state index >= 15 is 0 Å². The van der Waals surface area contributed by atoms with Gasteiger partial charge in [0.15, 0.2) is 0 Å². The van der Waals surface area contributed by atoms with Crippen molar-refractivity contribution in [3.63, 3.8) is 0 Å². The van der Waals surface area contributed by atoms with Crippen molar-refractivity contribution >= 4 is 14.4 Å². The molecule has 0 amide bonds. The highest BCUT2D eigenvalue weighted by Gasteiger charge is 2.35. The van der Waals surface area contributed by atoms with Gasteiger partial charge in [-0.2, -0.15) is 0 Å². The van der Waals surface area contributed by atoms with Crippen LogP contribution in [0.3, 0.4) is 0 Å². The lowest BCUT2D eigenvalue weighted by Gasteiger charge is -2.31. The van der Waals surface area contributed by atoms with Crippen molar-refractivity contribution in [2.45, 2.75) is 46.4 Å². The Balaban J connectivity index is 2.80. The second kappa shape index (κ2) is 6.93. The molecular weight excluding hydrogens is 258 g/mol. The van der Waals surface area contributed by atoms with Crippen LogP contribution in [0.4, 0.5) is 5.69 Å². The van der Waals surface area contributed by atoms with E-state index in [0.717, 1.165) is 11.4 Å². The van der Waals surface area contributed by atoms with E-state index in [4.69, 9.17) is 13.6 Å². The fraction of sp³-hybridized carbons (Fsp3) is 0.571. The summed E-state index contributed by atoms with van der Waals surface area (Å²) in [6, 6.07) is 7.78. The molecular formula is C14H25NO3Si. The van der Waals surface area contributed by atoms with Crippen LogP contribution in [0.5, 0.6) is 5.75 Å². The van der Waals surface area contributed by atoms with Crippen LogP contribution >= 0.6 is 0 Å². The van der Waals surface area contributed by atoms with Crippen LogP contribution in [0.1, 0.15) is 27.7 Å².